The van der Waals surface area contributed by atoms with Gasteiger partial charge in [0.05, 0.1) is 24.7 Å². The van der Waals surface area contributed by atoms with Crippen LogP contribution in [0.4, 0.5) is 5.69 Å². The van der Waals surface area contributed by atoms with Crippen LogP contribution >= 0.6 is 11.6 Å². The lowest BCUT2D eigenvalue weighted by atomic mass is 9.72. The summed E-state index contributed by atoms with van der Waals surface area (Å²) in [6, 6.07) is 22.0. The van der Waals surface area contributed by atoms with Crippen LogP contribution in [-0.2, 0) is 17.9 Å². The summed E-state index contributed by atoms with van der Waals surface area (Å²) < 4.78 is 1.99. The number of ketones is 1. The molecule has 2 aromatic carbocycles. The highest BCUT2D eigenvalue weighted by Crippen LogP contribution is 2.43. The molecule has 1 aromatic heterocycles. The molecular formula is C29H27ClN2O2. The average Bonchev–Trinajstić information content (AvgIpc) is 3.16. The Morgan fingerprint density at radius 1 is 0.912 bits per heavy atom. The third-order valence-corrected chi connectivity index (χ3v) is 7.07. The number of allylic oxidation sites excluding steroid dienone is 3. The molecule has 0 radical (unpaired) electrons. The molecule has 0 saturated heterocycles. The van der Waals surface area contributed by atoms with Gasteiger partial charge >= 0.3 is 0 Å². The van der Waals surface area contributed by atoms with E-state index in [2.05, 4.69) is 32.1 Å². The van der Waals surface area contributed by atoms with Crippen LogP contribution in [0, 0.1) is 5.41 Å². The van der Waals surface area contributed by atoms with Gasteiger partial charge in [-0.2, -0.15) is 0 Å². The Bertz CT molecular complexity index is 1330. The molecule has 5 rings (SSSR count). The number of benzene rings is 2. The molecule has 3 aromatic rings. The maximum atomic E-state index is 13.9. The van der Waals surface area contributed by atoms with Crippen molar-refractivity contribution in [3.8, 4) is 0 Å². The number of fused-ring (bicyclic) bond motifs is 2. The van der Waals surface area contributed by atoms with Gasteiger partial charge in [0.2, 0.25) is 0 Å². The first-order valence-electron chi connectivity index (χ1n) is 11.5. The van der Waals surface area contributed by atoms with E-state index >= 15 is 0 Å². The third-order valence-electron chi connectivity index (χ3n) is 6.83. The number of halogens is 1. The molecule has 0 unspecified atom stereocenters. The van der Waals surface area contributed by atoms with Crippen molar-refractivity contribution in [2.75, 3.05) is 10.8 Å². The van der Waals surface area contributed by atoms with Crippen molar-refractivity contribution >= 4 is 34.6 Å². The molecular weight excluding hydrogens is 444 g/mol. The van der Waals surface area contributed by atoms with E-state index in [9.17, 15) is 9.59 Å². The highest BCUT2D eigenvalue weighted by Gasteiger charge is 2.34. The number of amides is 1. The van der Waals surface area contributed by atoms with Crippen LogP contribution < -0.4 is 4.90 Å². The van der Waals surface area contributed by atoms with Crippen LogP contribution in [0.5, 0.6) is 0 Å². The molecule has 0 N–H and O–H groups in total. The van der Waals surface area contributed by atoms with Crippen molar-refractivity contribution in [3.05, 3.63) is 107 Å². The first kappa shape index (κ1) is 22.4. The van der Waals surface area contributed by atoms with Crippen molar-refractivity contribution in [3.63, 3.8) is 0 Å². The molecule has 1 aliphatic carbocycles. The number of Topliss-reactive ketones (excluding diaryl/α,β-unsaturated/α-hetero) is 1. The Morgan fingerprint density at radius 3 is 2.38 bits per heavy atom. The molecule has 0 spiro atoms. The molecule has 0 saturated carbocycles. The second-order valence-electron chi connectivity index (χ2n) is 9.57. The van der Waals surface area contributed by atoms with E-state index in [1.807, 2.05) is 70.1 Å². The van der Waals surface area contributed by atoms with E-state index in [4.69, 9.17) is 11.6 Å². The van der Waals surface area contributed by atoms with Gasteiger partial charge in [-0.05, 0) is 46.7 Å². The number of carbonyl (C=O) groups is 2. The third kappa shape index (κ3) is 3.92. The van der Waals surface area contributed by atoms with Gasteiger partial charge < -0.3 is 9.47 Å². The van der Waals surface area contributed by atoms with Gasteiger partial charge in [0, 0.05) is 17.0 Å². The Morgan fingerprint density at radius 2 is 1.65 bits per heavy atom. The fourth-order valence-corrected chi connectivity index (χ4v) is 5.25. The molecule has 0 atom stereocenters. The Hall–Kier alpha value is -3.37. The maximum Gasteiger partial charge on any atom is 0.254 e. The summed E-state index contributed by atoms with van der Waals surface area (Å²) >= 11 is 5.85. The lowest BCUT2D eigenvalue weighted by molar-refractivity contribution is -0.115. The molecule has 0 bridgehead atoms. The normalized spacial score (nSPS) is 16.6. The van der Waals surface area contributed by atoms with Crippen LogP contribution in [0.2, 0.25) is 0 Å². The number of hydrogen-bond acceptors (Lipinski definition) is 2. The van der Waals surface area contributed by atoms with E-state index in [0.717, 1.165) is 22.5 Å². The Kier molecular flexibility index (Phi) is 5.78. The van der Waals surface area contributed by atoms with E-state index in [-0.39, 0.29) is 23.0 Å². The molecule has 0 fully saturated rings. The minimum atomic E-state index is -0.174. The number of anilines is 1. The summed E-state index contributed by atoms with van der Waals surface area (Å²) in [6.45, 7) is 5.32. The number of hydrogen-bond donors (Lipinski definition) is 0. The van der Waals surface area contributed by atoms with Crippen LogP contribution in [0.1, 0.15) is 47.6 Å². The summed E-state index contributed by atoms with van der Waals surface area (Å²) in [4.78, 5) is 28.2. The van der Waals surface area contributed by atoms with Gasteiger partial charge in [-0.1, -0.05) is 74.5 Å². The van der Waals surface area contributed by atoms with Gasteiger partial charge in [-0.15, -0.1) is 11.6 Å². The molecule has 2 heterocycles. The van der Waals surface area contributed by atoms with Crippen LogP contribution in [0.3, 0.4) is 0 Å². The van der Waals surface area contributed by atoms with E-state index in [1.165, 1.54) is 11.1 Å². The fourth-order valence-electron chi connectivity index (χ4n) is 5.12. The highest BCUT2D eigenvalue weighted by atomic mass is 35.5. The van der Waals surface area contributed by atoms with Crippen molar-refractivity contribution < 1.29 is 9.59 Å². The monoisotopic (exact) mass is 470 g/mol. The number of para-hydroxylation sites is 1. The van der Waals surface area contributed by atoms with Crippen LogP contribution in [0.25, 0.3) is 5.57 Å². The standard InChI is InChI=1S/C29H27ClN2O2/c1-29(2)16-21(12-14-24(29)20-8-4-3-5-9-20)28(34)32-19-23-13-15-26(27(33)17-30)31(23)18-22-10-6-7-11-25(22)32/h3-15H,16-19H2,1-2H3. The minimum absolute atomic E-state index is 0.00348. The summed E-state index contributed by atoms with van der Waals surface area (Å²) in [5.41, 5.74) is 6.44. The van der Waals surface area contributed by atoms with E-state index in [0.29, 0.717) is 25.2 Å². The van der Waals surface area contributed by atoms with Crippen LogP contribution in [0.15, 0.2) is 84.5 Å². The first-order chi connectivity index (χ1) is 16.4. The number of carbonyl (C=O) groups excluding carboxylic acids is 2. The quantitative estimate of drug-likeness (QED) is 0.334. The summed E-state index contributed by atoms with van der Waals surface area (Å²) in [5.74, 6) is -0.171. The van der Waals surface area contributed by atoms with Gasteiger partial charge in [-0.3, -0.25) is 9.59 Å². The smallest absolute Gasteiger partial charge is 0.254 e. The zero-order chi connectivity index (χ0) is 23.9. The molecule has 2 aliphatic rings. The molecule has 1 amide bonds. The van der Waals surface area contributed by atoms with E-state index < -0.39 is 0 Å². The molecule has 1 aliphatic heterocycles. The Labute approximate surface area is 205 Å². The predicted molar refractivity (Wildman–Crippen MR) is 137 cm³/mol. The number of aromatic nitrogens is 1. The number of nitrogens with zero attached hydrogens (tertiary/aromatic N) is 2. The van der Waals surface area contributed by atoms with Crippen molar-refractivity contribution in [1.82, 2.24) is 4.57 Å². The number of alkyl halides is 1. The van der Waals surface area contributed by atoms with Gasteiger partial charge in [0.25, 0.3) is 5.91 Å². The lowest BCUT2D eigenvalue weighted by Crippen LogP contribution is -2.34. The van der Waals surface area contributed by atoms with Gasteiger partial charge in [0.15, 0.2) is 5.78 Å². The SMILES string of the molecule is CC1(C)CC(C(=O)N2Cc3ccc(C(=O)CCl)n3Cc3ccccc32)=CC=C1c1ccccc1. The minimum Gasteiger partial charge on any atom is -0.336 e. The summed E-state index contributed by atoms with van der Waals surface area (Å²) in [7, 11) is 0. The largest absolute Gasteiger partial charge is 0.336 e. The number of rotatable bonds is 4. The van der Waals surface area contributed by atoms with Crippen molar-refractivity contribution in [2.24, 2.45) is 5.41 Å². The molecule has 172 valence electrons. The zero-order valence-corrected chi connectivity index (χ0v) is 20.2. The topological polar surface area (TPSA) is 42.3 Å². The second-order valence-corrected chi connectivity index (χ2v) is 9.84. The van der Waals surface area contributed by atoms with E-state index in [1.54, 1.807) is 0 Å². The van der Waals surface area contributed by atoms with Gasteiger partial charge in [-0.25, -0.2) is 0 Å². The first-order valence-corrected chi connectivity index (χ1v) is 12.1. The lowest BCUT2D eigenvalue weighted by Gasteiger charge is -2.34. The molecule has 5 heteroatoms. The van der Waals surface area contributed by atoms with Crippen molar-refractivity contribution in [2.45, 2.75) is 33.4 Å². The average molecular weight is 471 g/mol. The van der Waals surface area contributed by atoms with Crippen LogP contribution in [-0.4, -0.2) is 22.1 Å². The molecule has 34 heavy (non-hydrogen) atoms. The zero-order valence-electron chi connectivity index (χ0n) is 19.4. The summed E-state index contributed by atoms with van der Waals surface area (Å²) in [5, 5.41) is 0. The fraction of sp³-hybridized carbons (Fsp3) is 0.241. The highest BCUT2D eigenvalue weighted by molar-refractivity contribution is 6.30. The summed E-state index contributed by atoms with van der Waals surface area (Å²) in [6.07, 6.45) is 4.73. The predicted octanol–water partition coefficient (Wildman–Crippen LogP) is 6.24. The molecule has 4 nitrogen and oxygen atoms in total. The maximum absolute atomic E-state index is 13.9. The Balaban J connectivity index is 1.54. The van der Waals surface area contributed by atoms with Gasteiger partial charge in [0.1, 0.15) is 0 Å². The second kappa shape index (κ2) is 8.77. The van der Waals surface area contributed by atoms with Crippen molar-refractivity contribution in [1.29, 1.82) is 0 Å².